The van der Waals surface area contributed by atoms with E-state index in [1.807, 2.05) is 0 Å². The van der Waals surface area contributed by atoms with Crippen molar-refractivity contribution in [1.82, 2.24) is 5.32 Å². The summed E-state index contributed by atoms with van der Waals surface area (Å²) < 4.78 is 0. The van der Waals surface area contributed by atoms with E-state index in [1.165, 1.54) is 0 Å². The number of nitrogens with zero attached hydrogens (tertiary/aromatic N) is 1. The average molecular weight is 200 g/mol. The highest BCUT2D eigenvalue weighted by Crippen LogP contribution is 2.09. The van der Waals surface area contributed by atoms with E-state index in [-0.39, 0.29) is 5.91 Å². The molecule has 1 heterocycles. The highest BCUT2D eigenvalue weighted by Gasteiger charge is 2.09. The zero-order valence-electron chi connectivity index (χ0n) is 8.01. The van der Waals surface area contributed by atoms with Gasteiger partial charge in [0.15, 0.2) is 5.17 Å². The van der Waals surface area contributed by atoms with Crippen LogP contribution in [0.25, 0.3) is 0 Å². The molecule has 0 radical (unpaired) electrons. The first kappa shape index (κ1) is 10.6. The van der Waals surface area contributed by atoms with Crippen LogP contribution >= 0.6 is 11.8 Å². The molecule has 4 heteroatoms. The molecule has 0 aromatic rings. The van der Waals surface area contributed by atoms with Gasteiger partial charge >= 0.3 is 0 Å². The lowest BCUT2D eigenvalue weighted by molar-refractivity contribution is -0.119. The molecule has 0 aliphatic carbocycles. The second kappa shape index (κ2) is 6.02. The Balaban J connectivity index is 2.10. The predicted octanol–water partition coefficient (Wildman–Crippen LogP) is 1.79. The third-order valence-electron chi connectivity index (χ3n) is 1.84. The lowest BCUT2D eigenvalue weighted by Crippen LogP contribution is -2.26. The van der Waals surface area contributed by atoms with E-state index in [9.17, 15) is 4.79 Å². The van der Waals surface area contributed by atoms with Gasteiger partial charge in [0.25, 0.3) is 0 Å². The van der Waals surface area contributed by atoms with Crippen LogP contribution in [0, 0.1) is 0 Å². The van der Waals surface area contributed by atoms with Crippen LogP contribution in [0.3, 0.4) is 0 Å². The summed E-state index contributed by atoms with van der Waals surface area (Å²) in [5.74, 6) is 1.12. The van der Waals surface area contributed by atoms with Gasteiger partial charge in [-0.3, -0.25) is 9.79 Å². The maximum Gasteiger partial charge on any atom is 0.225 e. The third-order valence-corrected chi connectivity index (χ3v) is 2.73. The van der Waals surface area contributed by atoms with E-state index < -0.39 is 0 Å². The van der Waals surface area contributed by atoms with E-state index in [2.05, 4.69) is 17.2 Å². The summed E-state index contributed by atoms with van der Waals surface area (Å²) in [7, 11) is 0. The lowest BCUT2D eigenvalue weighted by atomic mass is 10.2. The summed E-state index contributed by atoms with van der Waals surface area (Å²) in [5, 5.41) is 3.62. The van der Waals surface area contributed by atoms with Crippen molar-refractivity contribution in [2.24, 2.45) is 4.99 Å². The SMILES string of the molecule is CCCCCC(=O)NC1=NCCS1. The smallest absolute Gasteiger partial charge is 0.225 e. The van der Waals surface area contributed by atoms with Crippen molar-refractivity contribution in [3.63, 3.8) is 0 Å². The second-order valence-corrected chi connectivity index (χ2v) is 4.12. The van der Waals surface area contributed by atoms with Gasteiger partial charge in [-0.1, -0.05) is 31.5 Å². The van der Waals surface area contributed by atoms with Gasteiger partial charge in [0.05, 0.1) is 6.54 Å². The zero-order valence-corrected chi connectivity index (χ0v) is 8.82. The first-order chi connectivity index (χ1) is 6.33. The van der Waals surface area contributed by atoms with Crippen LogP contribution in [-0.2, 0) is 4.79 Å². The van der Waals surface area contributed by atoms with Crippen molar-refractivity contribution in [2.75, 3.05) is 12.3 Å². The van der Waals surface area contributed by atoms with Crippen molar-refractivity contribution >= 4 is 22.8 Å². The highest BCUT2D eigenvalue weighted by molar-refractivity contribution is 8.14. The average Bonchev–Trinajstić information content (AvgIpc) is 2.57. The molecule has 0 spiro atoms. The van der Waals surface area contributed by atoms with Crippen molar-refractivity contribution in [3.05, 3.63) is 0 Å². The number of unbranched alkanes of at least 4 members (excludes halogenated alkanes) is 2. The van der Waals surface area contributed by atoms with E-state index >= 15 is 0 Å². The van der Waals surface area contributed by atoms with Gasteiger partial charge in [-0.25, -0.2) is 0 Å². The predicted molar refractivity (Wildman–Crippen MR) is 57.0 cm³/mol. The third kappa shape index (κ3) is 4.31. The van der Waals surface area contributed by atoms with Gasteiger partial charge in [0, 0.05) is 12.2 Å². The first-order valence-corrected chi connectivity index (χ1v) is 5.78. The molecule has 0 aromatic heterocycles. The molecule has 1 amide bonds. The number of rotatable bonds is 4. The van der Waals surface area contributed by atoms with Gasteiger partial charge < -0.3 is 5.32 Å². The van der Waals surface area contributed by atoms with E-state index in [0.29, 0.717) is 6.42 Å². The normalized spacial score (nSPS) is 15.6. The standard InChI is InChI=1S/C9H16N2OS/c1-2-3-4-5-8(12)11-9-10-6-7-13-9/h2-7H2,1H3,(H,10,11,12). The molecule has 0 atom stereocenters. The van der Waals surface area contributed by atoms with Crippen molar-refractivity contribution in [2.45, 2.75) is 32.6 Å². The Hall–Kier alpha value is -0.510. The maximum absolute atomic E-state index is 11.3. The number of aliphatic imine (C=N–C) groups is 1. The summed E-state index contributed by atoms with van der Waals surface area (Å²) in [5.41, 5.74) is 0. The number of thioether (sulfide) groups is 1. The fourth-order valence-electron chi connectivity index (χ4n) is 1.13. The topological polar surface area (TPSA) is 41.5 Å². The molecular weight excluding hydrogens is 184 g/mol. The van der Waals surface area contributed by atoms with Crippen LogP contribution in [-0.4, -0.2) is 23.4 Å². The Morgan fingerprint density at radius 2 is 2.46 bits per heavy atom. The number of amidine groups is 1. The minimum atomic E-state index is 0.113. The molecule has 1 N–H and O–H groups in total. The van der Waals surface area contributed by atoms with Gasteiger partial charge in [-0.2, -0.15) is 0 Å². The molecule has 1 aliphatic heterocycles. The monoisotopic (exact) mass is 200 g/mol. The minimum Gasteiger partial charge on any atom is -0.305 e. The number of amides is 1. The van der Waals surface area contributed by atoms with Gasteiger partial charge in [-0.15, -0.1) is 0 Å². The van der Waals surface area contributed by atoms with E-state index in [1.54, 1.807) is 11.8 Å². The fraction of sp³-hybridized carbons (Fsp3) is 0.778. The Bertz CT molecular complexity index is 204. The Labute approximate surface area is 83.4 Å². The molecule has 0 aromatic carbocycles. The van der Waals surface area contributed by atoms with Gasteiger partial charge in [0.1, 0.15) is 0 Å². The second-order valence-electron chi connectivity index (χ2n) is 3.04. The van der Waals surface area contributed by atoms with Crippen LogP contribution < -0.4 is 5.32 Å². The molecule has 0 saturated heterocycles. The van der Waals surface area contributed by atoms with Crippen LogP contribution in [0.5, 0.6) is 0 Å². The molecule has 0 unspecified atom stereocenters. The summed E-state index contributed by atoms with van der Waals surface area (Å²) in [6.45, 7) is 2.98. The Morgan fingerprint density at radius 1 is 1.62 bits per heavy atom. The largest absolute Gasteiger partial charge is 0.305 e. The zero-order chi connectivity index (χ0) is 9.52. The quantitative estimate of drug-likeness (QED) is 0.703. The number of carbonyl (C=O) groups excluding carboxylic acids is 1. The molecule has 74 valence electrons. The van der Waals surface area contributed by atoms with Crippen LogP contribution in [0.2, 0.25) is 0 Å². The highest BCUT2D eigenvalue weighted by atomic mass is 32.2. The van der Waals surface area contributed by atoms with Crippen molar-refractivity contribution in [1.29, 1.82) is 0 Å². The Morgan fingerprint density at radius 3 is 3.08 bits per heavy atom. The molecular formula is C9H16N2OS. The Kier molecular flexibility index (Phi) is 4.90. The first-order valence-electron chi connectivity index (χ1n) is 4.80. The summed E-state index contributed by atoms with van der Waals surface area (Å²) in [6, 6.07) is 0. The van der Waals surface area contributed by atoms with Crippen LogP contribution in [0.4, 0.5) is 0 Å². The summed E-state index contributed by atoms with van der Waals surface area (Å²) in [4.78, 5) is 15.4. The molecule has 3 nitrogen and oxygen atoms in total. The summed E-state index contributed by atoms with van der Waals surface area (Å²) in [6.07, 6.45) is 3.91. The molecule has 0 saturated carbocycles. The number of hydrogen-bond acceptors (Lipinski definition) is 3. The van der Waals surface area contributed by atoms with E-state index in [4.69, 9.17) is 0 Å². The molecule has 1 rings (SSSR count). The van der Waals surface area contributed by atoms with Crippen LogP contribution in [0.15, 0.2) is 4.99 Å². The van der Waals surface area contributed by atoms with E-state index in [0.717, 1.165) is 36.7 Å². The van der Waals surface area contributed by atoms with Crippen molar-refractivity contribution in [3.8, 4) is 0 Å². The molecule has 0 fully saturated rings. The fourth-order valence-corrected chi connectivity index (χ4v) is 1.87. The molecule has 0 bridgehead atoms. The summed E-state index contributed by atoms with van der Waals surface area (Å²) >= 11 is 1.63. The number of carbonyl (C=O) groups is 1. The van der Waals surface area contributed by atoms with Gasteiger partial charge in [-0.05, 0) is 6.42 Å². The lowest BCUT2D eigenvalue weighted by Gasteiger charge is -2.02. The van der Waals surface area contributed by atoms with Crippen molar-refractivity contribution < 1.29 is 4.79 Å². The number of hydrogen-bond donors (Lipinski definition) is 1. The minimum absolute atomic E-state index is 0.113. The molecule has 13 heavy (non-hydrogen) atoms. The maximum atomic E-state index is 11.3. The van der Waals surface area contributed by atoms with Crippen LogP contribution in [0.1, 0.15) is 32.6 Å². The number of nitrogens with one attached hydrogen (secondary N) is 1. The molecule has 1 aliphatic rings. The van der Waals surface area contributed by atoms with Gasteiger partial charge in [0.2, 0.25) is 5.91 Å².